The number of benzene rings is 1. The van der Waals surface area contributed by atoms with Crippen LogP contribution in [0.2, 0.25) is 0 Å². The number of amides is 1. The van der Waals surface area contributed by atoms with Gasteiger partial charge in [0.25, 0.3) is 0 Å². The first-order valence-corrected chi connectivity index (χ1v) is 8.95. The van der Waals surface area contributed by atoms with Gasteiger partial charge in [0, 0.05) is 13.1 Å². The Morgan fingerprint density at radius 1 is 1.32 bits per heavy atom. The molecule has 1 N–H and O–H groups in total. The van der Waals surface area contributed by atoms with Gasteiger partial charge in [-0.25, -0.2) is 8.42 Å². The maximum atomic E-state index is 12.2. The average Bonchev–Trinajstić information content (AvgIpc) is 2.45. The molecule has 1 aliphatic rings. The Bertz CT molecular complexity index is 683. The molecule has 1 unspecified atom stereocenters. The fourth-order valence-electron chi connectivity index (χ4n) is 2.67. The van der Waals surface area contributed by atoms with Crippen LogP contribution in [-0.4, -0.2) is 48.4 Å². The summed E-state index contributed by atoms with van der Waals surface area (Å²) in [5.74, 6) is -2.96. The summed E-state index contributed by atoms with van der Waals surface area (Å²) in [5.41, 5.74) is 1.44. The molecule has 1 aromatic rings. The van der Waals surface area contributed by atoms with Gasteiger partial charge in [0.1, 0.15) is 5.75 Å². The molecule has 120 valence electrons. The number of hydrogen-bond acceptors (Lipinski definition) is 4. The molecule has 0 fully saturated rings. The van der Waals surface area contributed by atoms with Gasteiger partial charge in [-0.2, -0.15) is 0 Å². The standard InChI is InChI=1S/C15H19NO5S/c1-2-7-22(20,21)10-14(17)16-8-11-5-3-4-6-12(11)13(9-16)15(18)19/h3-6,13H,2,7-10H2,1H3,(H,18,19). The fraction of sp³-hybridized carbons (Fsp3) is 0.467. The number of sulfone groups is 1. The van der Waals surface area contributed by atoms with Gasteiger partial charge in [-0.05, 0) is 17.5 Å². The number of hydrogen-bond donors (Lipinski definition) is 1. The van der Waals surface area contributed by atoms with E-state index in [1.165, 1.54) is 4.90 Å². The molecule has 6 nitrogen and oxygen atoms in total. The zero-order valence-corrected chi connectivity index (χ0v) is 13.2. The summed E-state index contributed by atoms with van der Waals surface area (Å²) in [6, 6.07) is 7.05. The molecule has 1 aliphatic heterocycles. The molecule has 0 bridgehead atoms. The molecule has 0 saturated carbocycles. The maximum absolute atomic E-state index is 12.2. The Labute approximate surface area is 129 Å². The number of carbonyl (C=O) groups is 2. The molecule has 1 atom stereocenters. The van der Waals surface area contributed by atoms with E-state index in [1.54, 1.807) is 31.2 Å². The van der Waals surface area contributed by atoms with Gasteiger partial charge in [0.05, 0.1) is 11.7 Å². The van der Waals surface area contributed by atoms with Crippen molar-refractivity contribution in [3.63, 3.8) is 0 Å². The third-order valence-corrected chi connectivity index (χ3v) is 5.42. The first-order chi connectivity index (χ1) is 10.3. The second-order valence-corrected chi connectivity index (χ2v) is 7.64. The Morgan fingerprint density at radius 2 is 2.00 bits per heavy atom. The Morgan fingerprint density at radius 3 is 2.64 bits per heavy atom. The second kappa shape index (κ2) is 6.48. The van der Waals surface area contributed by atoms with Gasteiger partial charge < -0.3 is 10.0 Å². The van der Waals surface area contributed by atoms with E-state index in [1.807, 2.05) is 0 Å². The second-order valence-electron chi connectivity index (χ2n) is 5.46. The summed E-state index contributed by atoms with van der Waals surface area (Å²) >= 11 is 0. The number of carbonyl (C=O) groups excluding carboxylic acids is 1. The minimum atomic E-state index is -3.43. The fourth-order valence-corrected chi connectivity index (χ4v) is 4.00. The van der Waals surface area contributed by atoms with E-state index in [2.05, 4.69) is 0 Å². The van der Waals surface area contributed by atoms with Crippen LogP contribution in [0.4, 0.5) is 0 Å². The first-order valence-electron chi connectivity index (χ1n) is 7.13. The molecule has 0 saturated heterocycles. The average molecular weight is 325 g/mol. The van der Waals surface area contributed by atoms with Crippen LogP contribution in [0.15, 0.2) is 24.3 Å². The zero-order valence-electron chi connectivity index (χ0n) is 12.4. The molecule has 7 heteroatoms. The topological polar surface area (TPSA) is 91.8 Å². The zero-order chi connectivity index (χ0) is 16.3. The summed E-state index contributed by atoms with van der Waals surface area (Å²) in [6.45, 7) is 1.99. The van der Waals surface area contributed by atoms with Crippen molar-refractivity contribution in [3.8, 4) is 0 Å². The number of carboxylic acids is 1. The highest BCUT2D eigenvalue weighted by Crippen LogP contribution is 2.28. The normalized spacial score (nSPS) is 17.9. The maximum Gasteiger partial charge on any atom is 0.312 e. The lowest BCUT2D eigenvalue weighted by Gasteiger charge is -2.32. The van der Waals surface area contributed by atoms with E-state index in [0.29, 0.717) is 12.0 Å². The summed E-state index contributed by atoms with van der Waals surface area (Å²) in [7, 11) is -3.43. The quantitative estimate of drug-likeness (QED) is 0.873. The molecule has 1 aromatic carbocycles. The highest BCUT2D eigenvalue weighted by molar-refractivity contribution is 7.92. The van der Waals surface area contributed by atoms with Crippen LogP contribution in [0.5, 0.6) is 0 Å². The molecule has 0 aromatic heterocycles. The number of carboxylic acid groups (broad SMARTS) is 1. The van der Waals surface area contributed by atoms with E-state index in [9.17, 15) is 23.1 Å². The van der Waals surface area contributed by atoms with Crippen LogP contribution < -0.4 is 0 Å². The summed E-state index contributed by atoms with van der Waals surface area (Å²) in [6.07, 6.45) is 0.455. The van der Waals surface area contributed by atoms with Crippen molar-refractivity contribution in [1.82, 2.24) is 4.90 Å². The number of aliphatic carboxylic acids is 1. The highest BCUT2D eigenvalue weighted by atomic mass is 32.2. The predicted octanol–water partition coefficient (Wildman–Crippen LogP) is 1.02. The molecular formula is C15H19NO5S. The number of rotatable bonds is 5. The Balaban J connectivity index is 2.21. The molecular weight excluding hydrogens is 306 g/mol. The van der Waals surface area contributed by atoms with E-state index < -0.39 is 33.4 Å². The van der Waals surface area contributed by atoms with Crippen molar-refractivity contribution in [2.24, 2.45) is 0 Å². The molecule has 2 rings (SSSR count). The third kappa shape index (κ3) is 3.65. The molecule has 1 heterocycles. The van der Waals surface area contributed by atoms with Gasteiger partial charge in [0.2, 0.25) is 5.91 Å². The Kier molecular flexibility index (Phi) is 4.85. The van der Waals surface area contributed by atoms with E-state index in [-0.39, 0.29) is 18.8 Å². The minimum Gasteiger partial charge on any atom is -0.481 e. The van der Waals surface area contributed by atoms with Crippen LogP contribution >= 0.6 is 0 Å². The van der Waals surface area contributed by atoms with E-state index >= 15 is 0 Å². The monoisotopic (exact) mass is 325 g/mol. The number of fused-ring (bicyclic) bond motifs is 1. The molecule has 0 spiro atoms. The van der Waals surface area contributed by atoms with Crippen molar-refractivity contribution in [2.45, 2.75) is 25.8 Å². The summed E-state index contributed by atoms with van der Waals surface area (Å²) < 4.78 is 23.6. The lowest BCUT2D eigenvalue weighted by Crippen LogP contribution is -2.43. The van der Waals surface area contributed by atoms with Crippen LogP contribution in [0.3, 0.4) is 0 Å². The molecule has 0 radical (unpaired) electrons. The van der Waals surface area contributed by atoms with E-state index in [0.717, 1.165) is 5.56 Å². The van der Waals surface area contributed by atoms with Crippen LogP contribution in [0, 0.1) is 0 Å². The first kappa shape index (κ1) is 16.5. The van der Waals surface area contributed by atoms with Gasteiger partial charge in [-0.15, -0.1) is 0 Å². The van der Waals surface area contributed by atoms with Crippen molar-refractivity contribution in [2.75, 3.05) is 18.1 Å². The van der Waals surface area contributed by atoms with Crippen molar-refractivity contribution in [3.05, 3.63) is 35.4 Å². The SMILES string of the molecule is CCCS(=O)(=O)CC(=O)N1Cc2ccccc2C(C(=O)O)C1. The third-order valence-electron chi connectivity index (χ3n) is 3.70. The smallest absolute Gasteiger partial charge is 0.312 e. The lowest BCUT2D eigenvalue weighted by molar-refractivity contribution is -0.140. The van der Waals surface area contributed by atoms with Crippen LogP contribution in [0.25, 0.3) is 0 Å². The largest absolute Gasteiger partial charge is 0.481 e. The van der Waals surface area contributed by atoms with E-state index in [4.69, 9.17) is 0 Å². The van der Waals surface area contributed by atoms with Gasteiger partial charge in [0.15, 0.2) is 9.84 Å². The molecule has 1 amide bonds. The number of nitrogens with zero attached hydrogens (tertiary/aromatic N) is 1. The van der Waals surface area contributed by atoms with Gasteiger partial charge in [-0.1, -0.05) is 31.2 Å². The van der Waals surface area contributed by atoms with Gasteiger partial charge >= 0.3 is 5.97 Å². The predicted molar refractivity (Wildman–Crippen MR) is 81.2 cm³/mol. The molecule has 0 aliphatic carbocycles. The molecule has 22 heavy (non-hydrogen) atoms. The van der Waals surface area contributed by atoms with Gasteiger partial charge in [-0.3, -0.25) is 9.59 Å². The summed E-state index contributed by atoms with van der Waals surface area (Å²) in [5, 5.41) is 9.35. The van der Waals surface area contributed by atoms with Crippen molar-refractivity contribution >= 4 is 21.7 Å². The van der Waals surface area contributed by atoms with Crippen LogP contribution in [0.1, 0.15) is 30.4 Å². The van der Waals surface area contributed by atoms with Crippen LogP contribution in [-0.2, 0) is 26.0 Å². The lowest BCUT2D eigenvalue weighted by atomic mass is 9.90. The van der Waals surface area contributed by atoms with Crippen molar-refractivity contribution < 1.29 is 23.1 Å². The summed E-state index contributed by atoms with van der Waals surface area (Å²) in [4.78, 5) is 25.0. The highest BCUT2D eigenvalue weighted by Gasteiger charge is 2.33. The minimum absolute atomic E-state index is 0.00677. The van der Waals surface area contributed by atoms with Crippen molar-refractivity contribution in [1.29, 1.82) is 0 Å². The Hall–Kier alpha value is -1.89.